The number of benzene rings is 6. The molecule has 2 aliphatic rings. The van der Waals surface area contributed by atoms with Crippen molar-refractivity contribution in [3.05, 3.63) is 198 Å². The van der Waals surface area contributed by atoms with E-state index in [-0.39, 0.29) is 12.1 Å². The minimum atomic E-state index is 0.0837. The van der Waals surface area contributed by atoms with Crippen LogP contribution in [0.25, 0.3) is 16.2 Å². The third-order valence-corrected chi connectivity index (χ3v) is 10.9. The lowest BCUT2D eigenvalue weighted by Gasteiger charge is -2.32. The van der Waals surface area contributed by atoms with E-state index in [1.54, 1.807) is 0 Å². The molecule has 0 amide bonds. The Kier molecular flexibility index (Phi) is 7.37. The van der Waals surface area contributed by atoms with Crippen LogP contribution < -0.4 is 14.7 Å². The Morgan fingerprint density at radius 2 is 1.14 bits per heavy atom. The molecule has 2 aliphatic heterocycles. The summed E-state index contributed by atoms with van der Waals surface area (Å²) < 4.78 is 1.32. The Morgan fingerprint density at radius 3 is 1.88 bits per heavy atom. The van der Waals surface area contributed by atoms with Crippen molar-refractivity contribution in [2.24, 2.45) is 0 Å². The van der Waals surface area contributed by atoms with Gasteiger partial charge in [0.05, 0.1) is 12.1 Å². The normalized spacial score (nSPS) is 16.8. The molecule has 2 atom stereocenters. The first-order valence-electron chi connectivity index (χ1n) is 16.8. The van der Waals surface area contributed by atoms with Crippen LogP contribution in [0, 0.1) is 0 Å². The van der Waals surface area contributed by atoms with E-state index in [4.69, 9.17) is 0 Å². The summed E-state index contributed by atoms with van der Waals surface area (Å²) in [7, 11) is 0. The summed E-state index contributed by atoms with van der Waals surface area (Å²) in [6, 6.07) is 61.3. The number of thiophene rings is 1. The predicted octanol–water partition coefficient (Wildman–Crippen LogP) is 12.4. The fourth-order valence-electron chi connectivity index (χ4n) is 7.67. The molecule has 0 fully saturated rings. The van der Waals surface area contributed by atoms with Crippen molar-refractivity contribution < 1.29 is 0 Å². The van der Waals surface area contributed by atoms with Gasteiger partial charge >= 0.3 is 0 Å². The molecule has 1 aromatic heterocycles. The molecule has 236 valence electrons. The number of hydrogen-bond donors (Lipinski definition) is 0. The van der Waals surface area contributed by atoms with E-state index in [9.17, 15) is 0 Å². The van der Waals surface area contributed by atoms with E-state index in [0.29, 0.717) is 0 Å². The summed E-state index contributed by atoms with van der Waals surface area (Å²) in [6.07, 6.45) is 4.70. The van der Waals surface area contributed by atoms with Crippen molar-refractivity contribution in [2.75, 3.05) is 14.7 Å². The van der Waals surface area contributed by atoms with Crippen molar-refractivity contribution in [3.63, 3.8) is 0 Å². The van der Waals surface area contributed by atoms with Crippen molar-refractivity contribution in [3.8, 4) is 0 Å². The molecule has 2 unspecified atom stereocenters. The van der Waals surface area contributed by atoms with Crippen LogP contribution in [0.3, 0.4) is 0 Å². The molecule has 7 aromatic rings. The van der Waals surface area contributed by atoms with Gasteiger partial charge in [-0.15, -0.1) is 11.3 Å². The number of nitrogens with zero attached hydrogens (tertiary/aromatic N) is 3. The predicted molar refractivity (Wildman–Crippen MR) is 209 cm³/mol. The van der Waals surface area contributed by atoms with Crippen LogP contribution in [0.4, 0.5) is 34.1 Å². The Bertz CT molecular complexity index is 2250. The van der Waals surface area contributed by atoms with Gasteiger partial charge in [-0.05, 0) is 96.8 Å². The van der Waals surface area contributed by atoms with Crippen molar-refractivity contribution >= 4 is 61.6 Å². The zero-order valence-electron chi connectivity index (χ0n) is 27.2. The Balaban J connectivity index is 1.20. The number of hydrogen-bond acceptors (Lipinski definition) is 4. The molecule has 0 radical (unpaired) electrons. The number of allylic oxidation sites excluding steroid dienone is 1. The van der Waals surface area contributed by atoms with E-state index in [0.717, 1.165) is 17.1 Å². The third kappa shape index (κ3) is 5.13. The van der Waals surface area contributed by atoms with Gasteiger partial charge in [0, 0.05) is 55.0 Å². The summed E-state index contributed by atoms with van der Waals surface area (Å²) in [4.78, 5) is 8.74. The Labute approximate surface area is 291 Å². The number of para-hydroxylation sites is 4. The van der Waals surface area contributed by atoms with E-state index in [1.807, 2.05) is 11.3 Å². The molecule has 9 rings (SSSR count). The molecular weight excluding hydrogens is 615 g/mol. The molecule has 0 saturated carbocycles. The molecule has 4 heteroatoms. The molecular formula is C45H35N3S. The second kappa shape index (κ2) is 12.3. The Morgan fingerprint density at radius 1 is 0.531 bits per heavy atom. The maximum Gasteiger partial charge on any atom is 0.0858 e. The molecule has 0 bridgehead atoms. The van der Waals surface area contributed by atoms with Gasteiger partial charge in [-0.2, -0.15) is 0 Å². The SMILES string of the molecule is CC1=C(/C=C\c2cc3ccccc3s2)C2C(c3ccccc3N2c2cccc(N(c3ccccc3)c3ccccc3)c2)N1c1ccccc1. The second-order valence-corrected chi connectivity index (χ2v) is 13.7. The van der Waals surface area contributed by atoms with Gasteiger partial charge in [0.15, 0.2) is 0 Å². The summed E-state index contributed by atoms with van der Waals surface area (Å²) in [6.45, 7) is 2.29. The first-order chi connectivity index (χ1) is 24.2. The van der Waals surface area contributed by atoms with Crippen molar-refractivity contribution in [1.29, 1.82) is 0 Å². The number of anilines is 6. The van der Waals surface area contributed by atoms with Gasteiger partial charge in [0.2, 0.25) is 0 Å². The van der Waals surface area contributed by atoms with E-state index in [1.165, 1.54) is 48.9 Å². The van der Waals surface area contributed by atoms with Crippen molar-refractivity contribution in [2.45, 2.75) is 19.0 Å². The largest absolute Gasteiger partial charge is 0.335 e. The topological polar surface area (TPSA) is 9.72 Å². The zero-order chi connectivity index (χ0) is 32.7. The van der Waals surface area contributed by atoms with E-state index in [2.05, 4.69) is 204 Å². The van der Waals surface area contributed by atoms with Crippen molar-refractivity contribution in [1.82, 2.24) is 0 Å². The van der Waals surface area contributed by atoms with Gasteiger partial charge in [-0.1, -0.05) is 103 Å². The molecule has 0 saturated heterocycles. The summed E-state index contributed by atoms with van der Waals surface area (Å²) in [5.41, 5.74) is 11.0. The molecule has 0 aliphatic carbocycles. The standard InChI is InChI=1S/C45H35N3S/c1-32-40(29-28-39-30-33-16-11-14-27-43(33)49-39)44-45(46(32)34-17-5-2-6-18-34)41-25-12-13-26-42(41)48(44)38-24-15-23-37(31-38)47(35-19-7-3-8-20-35)36-21-9-4-10-22-36/h2-31,44-45H,1H3/b29-28-. The zero-order valence-corrected chi connectivity index (χ0v) is 28.0. The molecule has 3 nitrogen and oxygen atoms in total. The summed E-state index contributed by atoms with van der Waals surface area (Å²) >= 11 is 1.85. The minimum absolute atomic E-state index is 0.0837. The quantitative estimate of drug-likeness (QED) is 0.170. The van der Waals surface area contributed by atoms with Crippen LogP contribution in [0.15, 0.2) is 187 Å². The van der Waals surface area contributed by atoms with Crippen LogP contribution in [-0.2, 0) is 0 Å². The fraction of sp³-hybridized carbons (Fsp3) is 0.0667. The van der Waals surface area contributed by atoms with Crippen LogP contribution in [0.5, 0.6) is 0 Å². The first-order valence-corrected chi connectivity index (χ1v) is 17.7. The second-order valence-electron chi connectivity index (χ2n) is 12.6. The van der Waals surface area contributed by atoms with Gasteiger partial charge in [-0.25, -0.2) is 0 Å². The molecule has 49 heavy (non-hydrogen) atoms. The maximum absolute atomic E-state index is 2.58. The van der Waals surface area contributed by atoms with Gasteiger partial charge < -0.3 is 14.7 Å². The Hall–Kier alpha value is -5.84. The lowest BCUT2D eigenvalue weighted by Crippen LogP contribution is -2.33. The average Bonchev–Trinajstić information content (AvgIpc) is 3.81. The summed E-state index contributed by atoms with van der Waals surface area (Å²) in [5.74, 6) is 0. The average molecular weight is 650 g/mol. The van der Waals surface area contributed by atoms with Crippen LogP contribution in [0.2, 0.25) is 0 Å². The van der Waals surface area contributed by atoms with Crippen LogP contribution in [-0.4, -0.2) is 6.04 Å². The highest BCUT2D eigenvalue weighted by Crippen LogP contribution is 2.56. The monoisotopic (exact) mass is 649 g/mol. The molecule has 0 N–H and O–H groups in total. The lowest BCUT2D eigenvalue weighted by molar-refractivity contribution is 0.666. The maximum atomic E-state index is 2.58. The highest BCUT2D eigenvalue weighted by Gasteiger charge is 2.49. The van der Waals surface area contributed by atoms with Crippen LogP contribution in [0.1, 0.15) is 23.4 Å². The number of fused-ring (bicyclic) bond motifs is 4. The van der Waals surface area contributed by atoms with Gasteiger partial charge in [0.25, 0.3) is 0 Å². The van der Waals surface area contributed by atoms with Gasteiger partial charge in [0.1, 0.15) is 0 Å². The highest BCUT2D eigenvalue weighted by atomic mass is 32.1. The minimum Gasteiger partial charge on any atom is -0.335 e. The number of rotatable bonds is 7. The smallest absolute Gasteiger partial charge is 0.0858 e. The van der Waals surface area contributed by atoms with Gasteiger partial charge in [-0.3, -0.25) is 0 Å². The molecule has 3 heterocycles. The third-order valence-electron chi connectivity index (χ3n) is 9.77. The fourth-order valence-corrected chi connectivity index (χ4v) is 8.64. The molecule has 0 spiro atoms. The van der Waals surface area contributed by atoms with Crippen LogP contribution >= 0.6 is 11.3 Å². The highest BCUT2D eigenvalue weighted by molar-refractivity contribution is 7.19. The lowest BCUT2D eigenvalue weighted by atomic mass is 9.99. The first kappa shape index (κ1) is 29.3. The van der Waals surface area contributed by atoms with E-state index >= 15 is 0 Å². The van der Waals surface area contributed by atoms with E-state index < -0.39 is 0 Å². The molecule has 6 aromatic carbocycles. The summed E-state index contributed by atoms with van der Waals surface area (Å²) in [5, 5.41) is 1.29.